The fourth-order valence-corrected chi connectivity index (χ4v) is 2.79. The van der Waals surface area contributed by atoms with Crippen molar-refractivity contribution in [2.75, 3.05) is 0 Å². The first-order chi connectivity index (χ1) is 10.7. The van der Waals surface area contributed by atoms with Crippen molar-refractivity contribution in [3.05, 3.63) is 0 Å². The number of carbonyl (C=O) groups is 1. The Hall–Kier alpha value is -0.610. The second kappa shape index (κ2) is 16.8. The van der Waals surface area contributed by atoms with Gasteiger partial charge in [0.2, 0.25) is 0 Å². The number of rotatable bonds is 17. The van der Waals surface area contributed by atoms with Crippen LogP contribution in [0.15, 0.2) is 0 Å². The Labute approximate surface area is 136 Å². The van der Waals surface area contributed by atoms with E-state index in [1.807, 2.05) is 0 Å². The number of carboxylic acid groups (broad SMARTS) is 1. The Balaban J connectivity index is 3.33. The monoisotopic (exact) mass is 315 g/mol. The predicted molar refractivity (Wildman–Crippen MR) is 91.6 cm³/mol. The molecule has 1 atom stereocenters. The fourth-order valence-electron chi connectivity index (χ4n) is 2.79. The van der Waals surface area contributed by atoms with Crippen LogP contribution in [0.25, 0.3) is 0 Å². The van der Waals surface area contributed by atoms with Crippen LogP contribution in [0.5, 0.6) is 0 Å². The molecule has 0 aromatic rings. The van der Waals surface area contributed by atoms with E-state index in [-0.39, 0.29) is 6.10 Å². The average Bonchev–Trinajstić information content (AvgIpc) is 2.50. The quantitative estimate of drug-likeness (QED) is 0.286. The van der Waals surface area contributed by atoms with Crippen molar-refractivity contribution < 1.29 is 14.7 Å². The highest BCUT2D eigenvalue weighted by molar-refractivity contribution is 5.66. The normalized spacial score (nSPS) is 12.5. The van der Waals surface area contributed by atoms with Gasteiger partial charge in [0.05, 0.1) is 6.10 Å². The number of unbranched alkanes of at least 4 members (excludes halogenated alkanes) is 10. The molecule has 4 heteroatoms. The van der Waals surface area contributed by atoms with Gasteiger partial charge in [0.1, 0.15) is 0 Å². The summed E-state index contributed by atoms with van der Waals surface area (Å²) in [5.74, 6) is 4.71. The molecule has 0 fully saturated rings. The highest BCUT2D eigenvalue weighted by Gasteiger charge is 2.07. The Morgan fingerprint density at radius 3 is 1.77 bits per heavy atom. The summed E-state index contributed by atoms with van der Waals surface area (Å²) in [6.45, 7) is 2.24. The third-order valence-electron chi connectivity index (χ3n) is 4.24. The molecule has 3 N–H and O–H groups in total. The number of hydrogen-bond donors (Lipinski definition) is 2. The molecule has 132 valence electrons. The molecule has 0 amide bonds. The van der Waals surface area contributed by atoms with Gasteiger partial charge in [0, 0.05) is 6.42 Å². The Bertz CT molecular complexity index is 246. The van der Waals surface area contributed by atoms with Crippen molar-refractivity contribution in [2.24, 2.45) is 5.90 Å². The molecule has 0 aliphatic heterocycles. The standard InChI is InChI=1S/C18H37NO3/c1-2-3-4-5-8-11-14-17(22-19)15-12-9-6-7-10-13-16-18(20)21/h17H,2-16,19H2,1H3,(H,20,21). The SMILES string of the molecule is CCCCCCCCC(CCCCCCCCC(=O)O)ON. The minimum absolute atomic E-state index is 0.221. The molecule has 4 nitrogen and oxygen atoms in total. The highest BCUT2D eigenvalue weighted by Crippen LogP contribution is 2.15. The summed E-state index contributed by atoms with van der Waals surface area (Å²) in [6.07, 6.45) is 17.0. The van der Waals surface area contributed by atoms with E-state index < -0.39 is 5.97 Å². The smallest absolute Gasteiger partial charge is 0.303 e. The summed E-state index contributed by atoms with van der Waals surface area (Å²) in [5.41, 5.74) is 0. The summed E-state index contributed by atoms with van der Waals surface area (Å²) in [4.78, 5) is 15.5. The largest absolute Gasteiger partial charge is 0.481 e. The van der Waals surface area contributed by atoms with E-state index in [0.29, 0.717) is 6.42 Å². The van der Waals surface area contributed by atoms with E-state index in [0.717, 1.165) is 38.5 Å². The maximum Gasteiger partial charge on any atom is 0.303 e. The van der Waals surface area contributed by atoms with Crippen LogP contribution >= 0.6 is 0 Å². The number of aliphatic carboxylic acids is 1. The predicted octanol–water partition coefficient (Wildman–Crippen LogP) is 5.20. The van der Waals surface area contributed by atoms with Crippen LogP contribution in [0.2, 0.25) is 0 Å². The number of carboxylic acids is 1. The molecule has 1 unspecified atom stereocenters. The lowest BCUT2D eigenvalue weighted by atomic mass is 10.0. The Kier molecular flexibility index (Phi) is 16.3. The van der Waals surface area contributed by atoms with Crippen LogP contribution in [0.1, 0.15) is 103 Å². The van der Waals surface area contributed by atoms with Gasteiger partial charge >= 0.3 is 5.97 Å². The zero-order valence-corrected chi connectivity index (χ0v) is 14.5. The van der Waals surface area contributed by atoms with E-state index >= 15 is 0 Å². The first-order valence-electron chi connectivity index (χ1n) is 9.28. The van der Waals surface area contributed by atoms with Crippen molar-refractivity contribution in [3.63, 3.8) is 0 Å². The van der Waals surface area contributed by atoms with Gasteiger partial charge < -0.3 is 9.94 Å². The lowest BCUT2D eigenvalue weighted by Gasteiger charge is -2.14. The molecular weight excluding hydrogens is 278 g/mol. The Morgan fingerprint density at radius 2 is 1.32 bits per heavy atom. The molecule has 22 heavy (non-hydrogen) atoms. The number of nitrogens with two attached hydrogens (primary N) is 1. The van der Waals surface area contributed by atoms with E-state index in [1.54, 1.807) is 0 Å². The molecule has 0 aromatic heterocycles. The van der Waals surface area contributed by atoms with Crippen LogP contribution in [0.4, 0.5) is 0 Å². The first-order valence-corrected chi connectivity index (χ1v) is 9.28. The molecule has 0 aliphatic carbocycles. The third-order valence-corrected chi connectivity index (χ3v) is 4.24. The van der Waals surface area contributed by atoms with E-state index in [9.17, 15) is 4.79 Å². The fraction of sp³-hybridized carbons (Fsp3) is 0.944. The first kappa shape index (κ1) is 21.4. The van der Waals surface area contributed by atoms with Crippen LogP contribution in [-0.2, 0) is 9.63 Å². The van der Waals surface area contributed by atoms with Crippen molar-refractivity contribution in [2.45, 2.75) is 109 Å². The van der Waals surface area contributed by atoms with Gasteiger partial charge in [-0.25, -0.2) is 5.90 Å². The van der Waals surface area contributed by atoms with E-state index in [4.69, 9.17) is 15.8 Å². The van der Waals surface area contributed by atoms with Gasteiger partial charge in [-0.1, -0.05) is 77.6 Å². The average molecular weight is 315 g/mol. The minimum atomic E-state index is -0.683. The topological polar surface area (TPSA) is 72.5 Å². The van der Waals surface area contributed by atoms with Gasteiger partial charge in [0.25, 0.3) is 0 Å². The summed E-state index contributed by atoms with van der Waals surface area (Å²) in [7, 11) is 0. The number of hydrogen-bond acceptors (Lipinski definition) is 3. The van der Waals surface area contributed by atoms with Crippen molar-refractivity contribution >= 4 is 5.97 Å². The molecule has 0 aliphatic rings. The van der Waals surface area contributed by atoms with Crippen LogP contribution in [0, 0.1) is 0 Å². The lowest BCUT2D eigenvalue weighted by Crippen LogP contribution is -2.17. The zero-order valence-electron chi connectivity index (χ0n) is 14.5. The molecule has 0 heterocycles. The minimum Gasteiger partial charge on any atom is -0.481 e. The van der Waals surface area contributed by atoms with Crippen molar-refractivity contribution in [1.29, 1.82) is 0 Å². The zero-order chi connectivity index (χ0) is 16.5. The second-order valence-corrected chi connectivity index (χ2v) is 6.37. The third kappa shape index (κ3) is 15.8. The van der Waals surface area contributed by atoms with Gasteiger partial charge in [-0.15, -0.1) is 0 Å². The van der Waals surface area contributed by atoms with Gasteiger partial charge in [-0.3, -0.25) is 4.79 Å². The van der Waals surface area contributed by atoms with Gasteiger partial charge in [-0.2, -0.15) is 0 Å². The van der Waals surface area contributed by atoms with Gasteiger partial charge in [0.15, 0.2) is 0 Å². The van der Waals surface area contributed by atoms with E-state index in [2.05, 4.69) is 6.92 Å². The summed E-state index contributed by atoms with van der Waals surface area (Å²) < 4.78 is 0. The molecule has 0 saturated heterocycles. The van der Waals surface area contributed by atoms with Crippen LogP contribution in [0.3, 0.4) is 0 Å². The van der Waals surface area contributed by atoms with Crippen molar-refractivity contribution in [3.8, 4) is 0 Å². The maximum absolute atomic E-state index is 10.4. The highest BCUT2D eigenvalue weighted by atomic mass is 16.6. The molecule has 0 saturated carbocycles. The summed E-state index contributed by atoms with van der Waals surface area (Å²) in [6, 6.07) is 0. The second-order valence-electron chi connectivity index (χ2n) is 6.37. The van der Waals surface area contributed by atoms with Crippen LogP contribution in [-0.4, -0.2) is 17.2 Å². The van der Waals surface area contributed by atoms with Gasteiger partial charge in [-0.05, 0) is 19.3 Å². The molecule has 0 bridgehead atoms. The summed E-state index contributed by atoms with van der Waals surface area (Å²) >= 11 is 0. The molecular formula is C18H37NO3. The molecule has 0 rings (SSSR count). The molecule has 0 radical (unpaired) electrons. The van der Waals surface area contributed by atoms with E-state index in [1.165, 1.54) is 51.4 Å². The van der Waals surface area contributed by atoms with Crippen molar-refractivity contribution in [1.82, 2.24) is 0 Å². The maximum atomic E-state index is 10.4. The lowest BCUT2D eigenvalue weighted by molar-refractivity contribution is -0.137. The summed E-state index contributed by atoms with van der Waals surface area (Å²) in [5, 5.41) is 8.55. The molecule has 0 aromatic carbocycles. The Morgan fingerprint density at radius 1 is 0.864 bits per heavy atom. The molecule has 0 spiro atoms. The van der Waals surface area contributed by atoms with Crippen LogP contribution < -0.4 is 5.90 Å².